The van der Waals surface area contributed by atoms with Crippen molar-refractivity contribution in [1.29, 1.82) is 0 Å². The van der Waals surface area contributed by atoms with Crippen molar-refractivity contribution in [3.63, 3.8) is 0 Å². The minimum absolute atomic E-state index is 0.155. The summed E-state index contributed by atoms with van der Waals surface area (Å²) >= 11 is 5.95. The zero-order valence-corrected chi connectivity index (χ0v) is 8.03. The lowest BCUT2D eigenvalue weighted by molar-refractivity contribution is 0.248. The second-order valence-electron chi connectivity index (χ2n) is 2.77. The minimum Gasteiger partial charge on any atom is -0.439 e. The van der Waals surface area contributed by atoms with Gasteiger partial charge in [-0.2, -0.15) is 0 Å². The third kappa shape index (κ3) is 1.64. The van der Waals surface area contributed by atoms with Crippen LogP contribution in [0.3, 0.4) is 0 Å². The van der Waals surface area contributed by atoms with Crippen LogP contribution in [0, 0.1) is 0 Å². The van der Waals surface area contributed by atoms with Gasteiger partial charge in [0.15, 0.2) is 0 Å². The molecule has 0 aliphatic rings. The summed E-state index contributed by atoms with van der Waals surface area (Å²) in [5, 5.41) is 9.38. The predicted molar refractivity (Wildman–Crippen MR) is 52.9 cm³/mol. The Morgan fingerprint density at radius 3 is 2.79 bits per heavy atom. The Morgan fingerprint density at radius 2 is 2.14 bits per heavy atom. The Kier molecular flexibility index (Phi) is 2.52. The molecule has 0 saturated heterocycles. The average Bonchev–Trinajstić information content (AvgIpc) is 2.67. The molecule has 14 heavy (non-hydrogen) atoms. The molecule has 0 aliphatic carbocycles. The lowest BCUT2D eigenvalue weighted by Gasteiger charge is -1.97. The highest BCUT2D eigenvalue weighted by Gasteiger charge is 2.08. The maximum atomic E-state index is 8.80. The van der Waals surface area contributed by atoms with Gasteiger partial charge in [-0.15, -0.1) is 0 Å². The second kappa shape index (κ2) is 3.82. The first-order chi connectivity index (χ1) is 6.81. The molecule has 0 amide bonds. The van der Waals surface area contributed by atoms with Crippen molar-refractivity contribution in [3.05, 3.63) is 41.2 Å². The summed E-state index contributed by atoms with van der Waals surface area (Å²) in [6, 6.07) is 7.26. The van der Waals surface area contributed by atoms with Crippen LogP contribution in [0.1, 0.15) is 5.76 Å². The first-order valence-electron chi connectivity index (χ1n) is 4.11. The number of benzene rings is 1. The average molecular weight is 210 g/mol. The number of aliphatic hydroxyl groups is 1. The molecular weight excluding hydrogens is 202 g/mol. The predicted octanol–water partition coefficient (Wildman–Crippen LogP) is 2.49. The molecule has 1 heterocycles. The van der Waals surface area contributed by atoms with E-state index in [4.69, 9.17) is 21.1 Å². The summed E-state index contributed by atoms with van der Waals surface area (Å²) in [6.45, 7) is -0.155. The van der Waals surface area contributed by atoms with Crippen LogP contribution < -0.4 is 0 Å². The van der Waals surface area contributed by atoms with E-state index in [0.29, 0.717) is 16.7 Å². The highest BCUT2D eigenvalue weighted by molar-refractivity contribution is 6.33. The van der Waals surface area contributed by atoms with Gasteiger partial charge >= 0.3 is 0 Å². The molecule has 2 aromatic rings. The molecule has 0 radical (unpaired) electrons. The summed E-state index contributed by atoms with van der Waals surface area (Å²) < 4.78 is 5.25. The SMILES string of the molecule is OCc1cnc(-c2ccccc2Cl)o1. The number of halogens is 1. The highest BCUT2D eigenvalue weighted by atomic mass is 35.5. The van der Waals surface area contributed by atoms with E-state index in [1.165, 1.54) is 6.20 Å². The van der Waals surface area contributed by atoms with Crippen molar-refractivity contribution in [3.8, 4) is 11.5 Å². The summed E-state index contributed by atoms with van der Waals surface area (Å²) in [5.74, 6) is 0.861. The zero-order chi connectivity index (χ0) is 9.97. The largest absolute Gasteiger partial charge is 0.439 e. The van der Waals surface area contributed by atoms with Crippen molar-refractivity contribution in [1.82, 2.24) is 4.98 Å². The number of nitrogens with zero attached hydrogens (tertiary/aromatic N) is 1. The van der Waals surface area contributed by atoms with Crippen molar-refractivity contribution in [2.75, 3.05) is 0 Å². The Bertz CT molecular complexity index is 439. The fraction of sp³-hybridized carbons (Fsp3) is 0.100. The molecule has 0 saturated carbocycles. The number of hydrogen-bond donors (Lipinski definition) is 1. The van der Waals surface area contributed by atoms with E-state index in [-0.39, 0.29) is 6.61 Å². The van der Waals surface area contributed by atoms with Gasteiger partial charge in [0.05, 0.1) is 16.8 Å². The quantitative estimate of drug-likeness (QED) is 0.827. The lowest BCUT2D eigenvalue weighted by Crippen LogP contribution is -1.77. The van der Waals surface area contributed by atoms with Gasteiger partial charge in [0.1, 0.15) is 12.4 Å². The molecule has 0 fully saturated rings. The number of rotatable bonds is 2. The van der Waals surface area contributed by atoms with E-state index in [1.54, 1.807) is 6.07 Å². The van der Waals surface area contributed by atoms with Crippen molar-refractivity contribution in [2.24, 2.45) is 0 Å². The molecular formula is C10H8ClNO2. The molecule has 0 unspecified atom stereocenters. The summed E-state index contributed by atoms with van der Waals surface area (Å²) in [5.41, 5.74) is 0.730. The van der Waals surface area contributed by atoms with Gasteiger partial charge in [0, 0.05) is 0 Å². The van der Waals surface area contributed by atoms with E-state index in [2.05, 4.69) is 4.98 Å². The van der Waals surface area contributed by atoms with Gasteiger partial charge in [-0.1, -0.05) is 23.7 Å². The van der Waals surface area contributed by atoms with E-state index >= 15 is 0 Å². The van der Waals surface area contributed by atoms with Crippen LogP contribution in [0.4, 0.5) is 0 Å². The van der Waals surface area contributed by atoms with Crippen molar-refractivity contribution in [2.45, 2.75) is 6.61 Å². The number of hydrogen-bond acceptors (Lipinski definition) is 3. The Morgan fingerprint density at radius 1 is 1.36 bits per heavy atom. The van der Waals surface area contributed by atoms with Crippen LogP contribution >= 0.6 is 11.6 Å². The number of oxazole rings is 1. The Labute approximate surface area is 86.0 Å². The van der Waals surface area contributed by atoms with Gasteiger partial charge in [-0.05, 0) is 12.1 Å². The molecule has 0 atom stereocenters. The van der Waals surface area contributed by atoms with E-state index in [9.17, 15) is 0 Å². The first-order valence-corrected chi connectivity index (χ1v) is 4.49. The molecule has 3 nitrogen and oxygen atoms in total. The minimum atomic E-state index is -0.155. The monoisotopic (exact) mass is 209 g/mol. The van der Waals surface area contributed by atoms with Crippen LogP contribution in [0.25, 0.3) is 11.5 Å². The third-order valence-electron chi connectivity index (χ3n) is 1.81. The highest BCUT2D eigenvalue weighted by Crippen LogP contribution is 2.26. The molecule has 0 bridgehead atoms. The second-order valence-corrected chi connectivity index (χ2v) is 3.18. The first kappa shape index (κ1) is 9.24. The van der Waals surface area contributed by atoms with Crippen molar-refractivity contribution >= 4 is 11.6 Å². The van der Waals surface area contributed by atoms with Crippen LogP contribution in [-0.4, -0.2) is 10.1 Å². The van der Waals surface area contributed by atoms with Gasteiger partial charge in [-0.25, -0.2) is 4.98 Å². The van der Waals surface area contributed by atoms with E-state index < -0.39 is 0 Å². The standard InChI is InChI=1S/C10H8ClNO2/c11-9-4-2-1-3-8(9)10-12-5-7(6-13)14-10/h1-5,13H,6H2. The molecule has 1 aromatic carbocycles. The Balaban J connectivity index is 2.44. The van der Waals surface area contributed by atoms with Crippen LogP contribution in [-0.2, 0) is 6.61 Å². The molecule has 4 heteroatoms. The van der Waals surface area contributed by atoms with Gasteiger partial charge < -0.3 is 9.52 Å². The summed E-state index contributed by atoms with van der Waals surface area (Å²) in [4.78, 5) is 4.01. The maximum Gasteiger partial charge on any atom is 0.227 e. The summed E-state index contributed by atoms with van der Waals surface area (Å²) in [7, 11) is 0. The Hall–Kier alpha value is -1.32. The normalized spacial score (nSPS) is 10.4. The van der Waals surface area contributed by atoms with Crippen molar-refractivity contribution < 1.29 is 9.52 Å². The number of aliphatic hydroxyl groups excluding tert-OH is 1. The molecule has 0 aliphatic heterocycles. The van der Waals surface area contributed by atoms with Gasteiger partial charge in [-0.3, -0.25) is 0 Å². The van der Waals surface area contributed by atoms with Crippen LogP contribution in [0.5, 0.6) is 0 Å². The van der Waals surface area contributed by atoms with Crippen LogP contribution in [0.2, 0.25) is 5.02 Å². The van der Waals surface area contributed by atoms with E-state index in [0.717, 1.165) is 5.56 Å². The third-order valence-corrected chi connectivity index (χ3v) is 2.14. The lowest BCUT2D eigenvalue weighted by atomic mass is 10.2. The molecule has 0 spiro atoms. The van der Waals surface area contributed by atoms with Gasteiger partial charge in [0.25, 0.3) is 0 Å². The topological polar surface area (TPSA) is 46.3 Å². The van der Waals surface area contributed by atoms with E-state index in [1.807, 2.05) is 18.2 Å². The summed E-state index contributed by atoms with van der Waals surface area (Å²) in [6.07, 6.45) is 1.48. The fourth-order valence-corrected chi connectivity index (χ4v) is 1.36. The van der Waals surface area contributed by atoms with Crippen LogP contribution in [0.15, 0.2) is 34.9 Å². The maximum absolute atomic E-state index is 8.80. The zero-order valence-electron chi connectivity index (χ0n) is 7.27. The van der Waals surface area contributed by atoms with Gasteiger partial charge in [0.2, 0.25) is 5.89 Å². The molecule has 1 aromatic heterocycles. The fourth-order valence-electron chi connectivity index (χ4n) is 1.14. The molecule has 72 valence electrons. The smallest absolute Gasteiger partial charge is 0.227 e. The molecule has 1 N–H and O–H groups in total. The number of aromatic nitrogens is 1. The molecule has 2 rings (SSSR count).